The number of fused-ring (bicyclic) bond motifs is 1. The maximum Gasteiger partial charge on any atom is 0.253 e. The van der Waals surface area contributed by atoms with E-state index in [0.717, 1.165) is 19.3 Å². The van der Waals surface area contributed by atoms with E-state index >= 15 is 0 Å². The summed E-state index contributed by atoms with van der Waals surface area (Å²) in [5, 5.41) is 3.80. The van der Waals surface area contributed by atoms with Gasteiger partial charge >= 0.3 is 0 Å². The molecule has 0 saturated carbocycles. The van der Waals surface area contributed by atoms with Gasteiger partial charge in [0.1, 0.15) is 11.3 Å². The van der Waals surface area contributed by atoms with Crippen LogP contribution in [0.1, 0.15) is 64.2 Å². The third-order valence-electron chi connectivity index (χ3n) is 4.76. The minimum atomic E-state index is -0.494. The summed E-state index contributed by atoms with van der Waals surface area (Å²) in [7, 11) is 0. The van der Waals surface area contributed by atoms with Crippen molar-refractivity contribution in [3.05, 3.63) is 41.8 Å². The Hall–Kier alpha value is -2.01. The molecule has 1 aromatic heterocycles. The number of halogens is 1. The molecule has 0 aliphatic carbocycles. The number of hydrogen-bond donors (Lipinski definition) is 1. The average molecular weight is 375 g/mol. The van der Waals surface area contributed by atoms with E-state index in [1.54, 1.807) is 18.2 Å². The number of hydrogen-bond acceptors (Lipinski definition) is 3. The second-order valence-electron chi connectivity index (χ2n) is 7.77. The fraction of sp³-hybridized carbons (Fsp3) is 0.545. The molecule has 2 rings (SSSR count). The van der Waals surface area contributed by atoms with Crippen LogP contribution < -0.4 is 5.32 Å². The van der Waals surface area contributed by atoms with Crippen molar-refractivity contribution in [2.45, 2.75) is 65.5 Å². The Morgan fingerprint density at radius 1 is 1.33 bits per heavy atom. The Morgan fingerprint density at radius 2 is 2.07 bits per heavy atom. The highest BCUT2D eigenvalue weighted by Gasteiger charge is 2.36. The smallest absolute Gasteiger partial charge is 0.253 e. The first kappa shape index (κ1) is 21.3. The number of benzene rings is 1. The summed E-state index contributed by atoms with van der Waals surface area (Å²) < 4.78 is 19.9. The molecule has 0 bridgehead atoms. The molecule has 27 heavy (non-hydrogen) atoms. The van der Waals surface area contributed by atoms with Gasteiger partial charge in [0.25, 0.3) is 5.91 Å². The highest BCUT2D eigenvalue weighted by molar-refractivity contribution is 5.97. The molecule has 2 unspecified atom stereocenters. The molecular weight excluding hydrogens is 343 g/mol. The van der Waals surface area contributed by atoms with Crippen LogP contribution in [0.15, 0.2) is 30.5 Å². The molecule has 2 aromatic rings. The average Bonchev–Trinajstić information content (AvgIpc) is 2.61. The van der Waals surface area contributed by atoms with Crippen molar-refractivity contribution in [3.8, 4) is 0 Å². The van der Waals surface area contributed by atoms with Gasteiger partial charge in [-0.05, 0) is 44.2 Å². The van der Waals surface area contributed by atoms with Crippen molar-refractivity contribution in [2.24, 2.45) is 5.92 Å². The van der Waals surface area contributed by atoms with Crippen LogP contribution in [0.4, 0.5) is 4.39 Å². The predicted octanol–water partition coefficient (Wildman–Crippen LogP) is 5.11. The minimum Gasteiger partial charge on any atom is -0.376 e. The molecule has 4 nitrogen and oxygen atoms in total. The van der Waals surface area contributed by atoms with Gasteiger partial charge in [0.2, 0.25) is 0 Å². The summed E-state index contributed by atoms with van der Waals surface area (Å²) in [5.41, 5.74) is 0.205. The first-order chi connectivity index (χ1) is 12.8. The normalized spacial score (nSPS) is 14.9. The zero-order valence-corrected chi connectivity index (χ0v) is 17.0. The molecule has 5 heteroatoms. The van der Waals surface area contributed by atoms with Gasteiger partial charge < -0.3 is 10.1 Å². The Kier molecular flexibility index (Phi) is 7.31. The third-order valence-corrected chi connectivity index (χ3v) is 4.76. The maximum atomic E-state index is 13.8. The van der Waals surface area contributed by atoms with Crippen LogP contribution in [0.2, 0.25) is 0 Å². The number of pyridine rings is 1. The molecular formula is C22H31FN2O2. The summed E-state index contributed by atoms with van der Waals surface area (Å²) >= 11 is 0. The van der Waals surface area contributed by atoms with Crippen LogP contribution in [0.3, 0.4) is 0 Å². The molecule has 1 amide bonds. The van der Waals surface area contributed by atoms with Crippen LogP contribution in [-0.2, 0) is 4.74 Å². The van der Waals surface area contributed by atoms with Gasteiger partial charge in [0.15, 0.2) is 0 Å². The number of carbonyl (C=O) groups excluding carboxylic acids is 1. The Bertz CT molecular complexity index is 778. The second-order valence-corrected chi connectivity index (χ2v) is 7.77. The lowest BCUT2D eigenvalue weighted by Gasteiger charge is -2.39. The molecule has 1 heterocycles. The SMILES string of the molecule is CCCOC(CC)C(C)(CC(C)C)NC(=O)c1cnc2c(F)cccc2c1. The Labute approximate surface area is 161 Å². The first-order valence-corrected chi connectivity index (χ1v) is 9.79. The summed E-state index contributed by atoms with van der Waals surface area (Å²) in [6.45, 7) is 11.1. The van der Waals surface area contributed by atoms with Crippen molar-refractivity contribution in [3.63, 3.8) is 0 Å². The number of amides is 1. The van der Waals surface area contributed by atoms with Crippen LogP contribution >= 0.6 is 0 Å². The van der Waals surface area contributed by atoms with E-state index in [9.17, 15) is 9.18 Å². The summed E-state index contributed by atoms with van der Waals surface area (Å²) in [4.78, 5) is 17.1. The van der Waals surface area contributed by atoms with Gasteiger partial charge in [-0.2, -0.15) is 0 Å². The standard InChI is InChI=1S/C22H31FN2O2/c1-6-11-27-19(7-2)22(5,13-15(3)4)25-21(26)17-12-16-9-8-10-18(23)20(16)24-14-17/h8-10,12,14-15,19H,6-7,11,13H2,1-5H3,(H,25,26). The van der Waals surface area contributed by atoms with Crippen LogP contribution in [0.25, 0.3) is 10.9 Å². The number of carbonyl (C=O) groups is 1. The highest BCUT2D eigenvalue weighted by atomic mass is 19.1. The molecule has 0 spiro atoms. The molecule has 2 atom stereocenters. The molecule has 0 aliphatic rings. The monoisotopic (exact) mass is 374 g/mol. The van der Waals surface area contributed by atoms with Gasteiger partial charge in [-0.1, -0.05) is 39.8 Å². The van der Waals surface area contributed by atoms with E-state index in [2.05, 4.69) is 38.0 Å². The number of aromatic nitrogens is 1. The van der Waals surface area contributed by atoms with Crippen molar-refractivity contribution in [1.82, 2.24) is 10.3 Å². The number of ether oxygens (including phenoxy) is 1. The summed E-state index contributed by atoms with van der Waals surface area (Å²) in [6, 6.07) is 6.43. The molecule has 0 aliphatic heterocycles. The Balaban J connectivity index is 2.29. The van der Waals surface area contributed by atoms with Gasteiger partial charge in [-0.15, -0.1) is 0 Å². The second kappa shape index (κ2) is 9.27. The molecule has 1 aromatic carbocycles. The first-order valence-electron chi connectivity index (χ1n) is 9.79. The van der Waals surface area contributed by atoms with Gasteiger partial charge in [0.05, 0.1) is 17.2 Å². The number of para-hydroxylation sites is 1. The van der Waals surface area contributed by atoms with Crippen molar-refractivity contribution in [1.29, 1.82) is 0 Å². The van der Waals surface area contributed by atoms with Crippen LogP contribution in [0.5, 0.6) is 0 Å². The van der Waals surface area contributed by atoms with E-state index in [4.69, 9.17) is 4.74 Å². The fourth-order valence-corrected chi connectivity index (χ4v) is 3.70. The molecule has 0 saturated heterocycles. The predicted molar refractivity (Wildman–Crippen MR) is 107 cm³/mol. The van der Waals surface area contributed by atoms with Gasteiger partial charge in [-0.25, -0.2) is 4.39 Å². The van der Waals surface area contributed by atoms with E-state index in [-0.39, 0.29) is 23.3 Å². The lowest BCUT2D eigenvalue weighted by Crippen LogP contribution is -2.56. The van der Waals surface area contributed by atoms with E-state index in [1.165, 1.54) is 12.3 Å². The Morgan fingerprint density at radius 3 is 2.70 bits per heavy atom. The van der Waals surface area contributed by atoms with E-state index in [1.807, 2.05) is 6.92 Å². The lowest BCUT2D eigenvalue weighted by molar-refractivity contribution is -0.0172. The van der Waals surface area contributed by atoms with Crippen molar-refractivity contribution < 1.29 is 13.9 Å². The van der Waals surface area contributed by atoms with Crippen LogP contribution in [0, 0.1) is 11.7 Å². The maximum absolute atomic E-state index is 13.8. The van der Waals surface area contributed by atoms with Crippen molar-refractivity contribution in [2.75, 3.05) is 6.61 Å². The van der Waals surface area contributed by atoms with E-state index < -0.39 is 5.54 Å². The van der Waals surface area contributed by atoms with Crippen molar-refractivity contribution >= 4 is 16.8 Å². The largest absolute Gasteiger partial charge is 0.376 e. The molecule has 0 fully saturated rings. The zero-order valence-electron chi connectivity index (χ0n) is 17.0. The van der Waals surface area contributed by atoms with E-state index in [0.29, 0.717) is 23.5 Å². The molecule has 148 valence electrons. The number of nitrogens with zero attached hydrogens (tertiary/aromatic N) is 1. The lowest BCUT2D eigenvalue weighted by atomic mass is 9.83. The fourth-order valence-electron chi connectivity index (χ4n) is 3.70. The quantitative estimate of drug-likeness (QED) is 0.663. The van der Waals surface area contributed by atoms with Gasteiger partial charge in [-0.3, -0.25) is 9.78 Å². The molecule has 0 radical (unpaired) electrons. The molecule has 1 N–H and O–H groups in total. The topological polar surface area (TPSA) is 51.2 Å². The number of nitrogens with one attached hydrogen (secondary N) is 1. The van der Waals surface area contributed by atoms with Gasteiger partial charge in [0, 0.05) is 18.2 Å². The minimum absolute atomic E-state index is 0.0744. The zero-order chi connectivity index (χ0) is 20.0. The third kappa shape index (κ3) is 5.25. The van der Waals surface area contributed by atoms with Crippen LogP contribution in [-0.4, -0.2) is 29.1 Å². The summed E-state index contributed by atoms with van der Waals surface area (Å²) in [5.74, 6) is -0.197. The highest BCUT2D eigenvalue weighted by Crippen LogP contribution is 2.26. The summed E-state index contributed by atoms with van der Waals surface area (Å²) in [6.07, 6.45) is 3.91. The number of rotatable bonds is 9.